The number of hydrogen-bond acceptors (Lipinski definition) is 5. The molecule has 0 radical (unpaired) electrons. The first-order valence-corrected chi connectivity index (χ1v) is 8.59. The third-order valence-corrected chi connectivity index (χ3v) is 4.30. The summed E-state index contributed by atoms with van der Waals surface area (Å²) in [6, 6.07) is 12.6. The van der Waals surface area contributed by atoms with Crippen molar-refractivity contribution in [1.82, 2.24) is 9.55 Å². The number of amides is 1. The van der Waals surface area contributed by atoms with E-state index in [4.69, 9.17) is 11.6 Å². The molecule has 0 aliphatic carbocycles. The largest absolute Gasteiger partial charge is 0.319 e. The fraction of sp³-hybridized carbons (Fsp3) is 0.105. The van der Waals surface area contributed by atoms with Gasteiger partial charge in [0.05, 0.1) is 16.9 Å². The first-order chi connectivity index (χ1) is 13.3. The standard InChI is InChI=1S/C19H15ClN4O4/c1-12-3-2-4-16(24(27)28)19(12)22-17(25)10-23-11-21-15(9-18(23)26)13-5-7-14(20)8-6-13/h2-9,11H,10H2,1H3,(H,22,25). The van der Waals surface area contributed by atoms with Gasteiger partial charge >= 0.3 is 0 Å². The van der Waals surface area contributed by atoms with Crippen molar-refractivity contribution in [3.05, 3.63) is 85.9 Å². The molecule has 0 atom stereocenters. The second-order valence-corrected chi connectivity index (χ2v) is 6.46. The summed E-state index contributed by atoms with van der Waals surface area (Å²) in [4.78, 5) is 39.4. The number of halogens is 1. The number of para-hydroxylation sites is 1. The van der Waals surface area contributed by atoms with Crippen molar-refractivity contribution >= 4 is 28.9 Å². The molecule has 3 aromatic rings. The number of nitrogens with zero attached hydrogens (tertiary/aromatic N) is 3. The molecule has 9 heteroatoms. The molecule has 1 aromatic heterocycles. The highest BCUT2D eigenvalue weighted by atomic mass is 35.5. The predicted octanol–water partition coefficient (Wildman–Crippen LogP) is 3.42. The number of anilines is 1. The second kappa shape index (κ2) is 8.01. The van der Waals surface area contributed by atoms with Crippen molar-refractivity contribution in [3.8, 4) is 11.3 Å². The van der Waals surface area contributed by atoms with Gasteiger partial charge in [0.15, 0.2) is 0 Å². The van der Waals surface area contributed by atoms with E-state index in [0.717, 1.165) is 4.57 Å². The molecule has 0 fully saturated rings. The lowest BCUT2D eigenvalue weighted by atomic mass is 10.1. The number of aryl methyl sites for hydroxylation is 1. The van der Waals surface area contributed by atoms with Crippen LogP contribution >= 0.6 is 11.6 Å². The number of nitro groups is 1. The normalized spacial score (nSPS) is 10.5. The summed E-state index contributed by atoms with van der Waals surface area (Å²) in [5, 5.41) is 14.2. The zero-order valence-corrected chi connectivity index (χ0v) is 15.5. The molecule has 3 rings (SSSR count). The summed E-state index contributed by atoms with van der Waals surface area (Å²) >= 11 is 5.85. The molecule has 0 unspecified atom stereocenters. The topological polar surface area (TPSA) is 107 Å². The van der Waals surface area contributed by atoms with E-state index in [1.807, 2.05) is 0 Å². The maximum Gasteiger partial charge on any atom is 0.293 e. The van der Waals surface area contributed by atoms with Gasteiger partial charge in [0.2, 0.25) is 5.91 Å². The Morgan fingerprint density at radius 3 is 2.61 bits per heavy atom. The van der Waals surface area contributed by atoms with Crippen LogP contribution in [0.5, 0.6) is 0 Å². The molecule has 0 aliphatic rings. The van der Waals surface area contributed by atoms with Crippen LogP contribution in [0.15, 0.2) is 59.7 Å². The highest BCUT2D eigenvalue weighted by molar-refractivity contribution is 6.30. The number of carbonyl (C=O) groups is 1. The van der Waals surface area contributed by atoms with Gasteiger partial charge in [-0.2, -0.15) is 0 Å². The van der Waals surface area contributed by atoms with Crippen molar-refractivity contribution < 1.29 is 9.72 Å². The van der Waals surface area contributed by atoms with Gasteiger partial charge in [-0.25, -0.2) is 4.98 Å². The zero-order valence-electron chi connectivity index (χ0n) is 14.8. The molecule has 142 valence electrons. The number of nitrogens with one attached hydrogen (secondary N) is 1. The van der Waals surface area contributed by atoms with Gasteiger partial charge in [-0.1, -0.05) is 35.9 Å². The highest BCUT2D eigenvalue weighted by Gasteiger charge is 2.18. The number of aromatic nitrogens is 2. The smallest absolute Gasteiger partial charge is 0.293 e. The van der Waals surface area contributed by atoms with E-state index in [9.17, 15) is 19.7 Å². The number of rotatable bonds is 5. The van der Waals surface area contributed by atoms with Gasteiger partial charge in [0.1, 0.15) is 12.2 Å². The molecule has 0 saturated heterocycles. The highest BCUT2D eigenvalue weighted by Crippen LogP contribution is 2.27. The summed E-state index contributed by atoms with van der Waals surface area (Å²) in [7, 11) is 0. The maximum absolute atomic E-state index is 12.3. The molecule has 8 nitrogen and oxygen atoms in total. The van der Waals surface area contributed by atoms with Crippen molar-refractivity contribution in [2.45, 2.75) is 13.5 Å². The Hall–Kier alpha value is -3.52. The molecular weight excluding hydrogens is 384 g/mol. The van der Waals surface area contributed by atoms with E-state index in [2.05, 4.69) is 10.3 Å². The Labute approximate surface area is 164 Å². The van der Waals surface area contributed by atoms with E-state index in [0.29, 0.717) is 21.8 Å². The maximum atomic E-state index is 12.3. The zero-order chi connectivity index (χ0) is 20.3. The summed E-state index contributed by atoms with van der Waals surface area (Å²) in [5.74, 6) is -0.569. The average Bonchev–Trinajstić information content (AvgIpc) is 2.65. The lowest BCUT2D eigenvalue weighted by Crippen LogP contribution is -2.27. The molecule has 28 heavy (non-hydrogen) atoms. The Kier molecular flexibility index (Phi) is 5.51. The van der Waals surface area contributed by atoms with E-state index in [-0.39, 0.29) is 17.9 Å². The van der Waals surface area contributed by atoms with E-state index in [1.165, 1.54) is 24.5 Å². The van der Waals surface area contributed by atoms with Crippen LogP contribution in [0.3, 0.4) is 0 Å². The molecule has 1 amide bonds. The van der Waals surface area contributed by atoms with Gasteiger partial charge in [-0.05, 0) is 24.6 Å². The Bertz CT molecular complexity index is 1110. The minimum absolute atomic E-state index is 0.108. The molecule has 1 heterocycles. The van der Waals surface area contributed by atoms with Gasteiger partial charge in [0.25, 0.3) is 11.2 Å². The molecular formula is C19H15ClN4O4. The lowest BCUT2D eigenvalue weighted by Gasteiger charge is -2.10. The quantitative estimate of drug-likeness (QED) is 0.523. The van der Waals surface area contributed by atoms with Gasteiger partial charge < -0.3 is 5.32 Å². The van der Waals surface area contributed by atoms with Crippen molar-refractivity contribution in [1.29, 1.82) is 0 Å². The summed E-state index contributed by atoms with van der Waals surface area (Å²) in [5.41, 5.74) is 1.19. The average molecular weight is 399 g/mol. The van der Waals surface area contributed by atoms with Gasteiger partial charge in [-0.3, -0.25) is 24.3 Å². The first kappa shape index (κ1) is 19.2. The summed E-state index contributed by atoms with van der Waals surface area (Å²) < 4.78 is 1.12. The van der Waals surface area contributed by atoms with Crippen LogP contribution < -0.4 is 10.9 Å². The Morgan fingerprint density at radius 1 is 1.25 bits per heavy atom. The van der Waals surface area contributed by atoms with Crippen LogP contribution in [-0.4, -0.2) is 20.4 Å². The number of hydrogen-bond donors (Lipinski definition) is 1. The second-order valence-electron chi connectivity index (χ2n) is 6.02. The third kappa shape index (κ3) is 4.24. The van der Waals surface area contributed by atoms with Crippen molar-refractivity contribution in [2.75, 3.05) is 5.32 Å². The minimum Gasteiger partial charge on any atom is -0.319 e. The van der Waals surface area contributed by atoms with Crippen LogP contribution in [0, 0.1) is 17.0 Å². The van der Waals surface area contributed by atoms with Crippen LogP contribution in [0.2, 0.25) is 5.02 Å². The van der Waals surface area contributed by atoms with Crippen LogP contribution in [0.25, 0.3) is 11.3 Å². The molecule has 0 spiro atoms. The first-order valence-electron chi connectivity index (χ1n) is 8.21. The number of benzene rings is 2. The Balaban J connectivity index is 1.79. The fourth-order valence-electron chi connectivity index (χ4n) is 2.62. The van der Waals surface area contributed by atoms with Crippen molar-refractivity contribution in [3.63, 3.8) is 0 Å². The lowest BCUT2D eigenvalue weighted by molar-refractivity contribution is -0.384. The number of carbonyl (C=O) groups excluding carboxylic acids is 1. The molecule has 2 aromatic carbocycles. The minimum atomic E-state index is -0.572. The van der Waals surface area contributed by atoms with E-state index >= 15 is 0 Å². The van der Waals surface area contributed by atoms with E-state index < -0.39 is 16.4 Å². The molecule has 0 bridgehead atoms. The predicted molar refractivity (Wildman–Crippen MR) is 105 cm³/mol. The van der Waals surface area contributed by atoms with Crippen LogP contribution in [0.4, 0.5) is 11.4 Å². The number of nitro benzene ring substituents is 1. The molecule has 1 N–H and O–H groups in total. The molecule has 0 aliphatic heterocycles. The van der Waals surface area contributed by atoms with Gasteiger partial charge in [0, 0.05) is 22.7 Å². The SMILES string of the molecule is Cc1cccc([N+](=O)[O-])c1NC(=O)Cn1cnc(-c2ccc(Cl)cc2)cc1=O. The van der Waals surface area contributed by atoms with Crippen molar-refractivity contribution in [2.24, 2.45) is 0 Å². The van der Waals surface area contributed by atoms with Crippen LogP contribution in [0.1, 0.15) is 5.56 Å². The van der Waals surface area contributed by atoms with Crippen LogP contribution in [-0.2, 0) is 11.3 Å². The summed E-state index contributed by atoms with van der Waals surface area (Å²) in [6.45, 7) is 1.33. The summed E-state index contributed by atoms with van der Waals surface area (Å²) in [6.07, 6.45) is 1.26. The monoisotopic (exact) mass is 398 g/mol. The van der Waals surface area contributed by atoms with E-state index in [1.54, 1.807) is 37.3 Å². The third-order valence-electron chi connectivity index (χ3n) is 4.05. The van der Waals surface area contributed by atoms with Gasteiger partial charge in [-0.15, -0.1) is 0 Å². The fourth-order valence-corrected chi connectivity index (χ4v) is 2.75. The Morgan fingerprint density at radius 2 is 1.96 bits per heavy atom. The molecule has 0 saturated carbocycles.